The Hall–Kier alpha value is -6.80. The first-order valence-corrected chi connectivity index (χ1v) is 19.5. The van der Waals surface area contributed by atoms with Crippen molar-refractivity contribution in [2.45, 2.75) is 9.79 Å². The summed E-state index contributed by atoms with van der Waals surface area (Å²) in [6.45, 7) is 0. The Labute approximate surface area is 405 Å². The number of non-ortho nitro benzene ring substituents is 3. The van der Waals surface area contributed by atoms with Crippen molar-refractivity contribution in [1.29, 1.82) is 0 Å². The number of azo groups is 4. The smallest absolute Gasteiger partial charge is 0.869 e. The van der Waals surface area contributed by atoms with Crippen LogP contribution in [0.2, 0.25) is 0 Å². The van der Waals surface area contributed by atoms with E-state index in [2.05, 4.69) is 40.9 Å². The number of phenolic OH excluding ortho intramolecular Hbond substituents is 2. The van der Waals surface area contributed by atoms with E-state index < -0.39 is 118 Å². The van der Waals surface area contributed by atoms with Crippen LogP contribution in [0, 0.1) is 30.3 Å². The second kappa shape index (κ2) is 20.4. The largest absolute Gasteiger partial charge is 1.00 e. The van der Waals surface area contributed by atoms with E-state index in [0.29, 0.717) is 24.3 Å². The van der Waals surface area contributed by atoms with Crippen molar-refractivity contribution in [1.82, 2.24) is 0 Å². The van der Waals surface area contributed by atoms with Gasteiger partial charge in [0.15, 0.2) is 5.75 Å². The Morgan fingerprint density at radius 2 is 0.923 bits per heavy atom. The van der Waals surface area contributed by atoms with Crippen LogP contribution in [0.5, 0.6) is 23.0 Å². The number of fused-ring (bicyclic) bond motifs is 1. The second-order valence-corrected chi connectivity index (χ2v) is 15.1. The average Bonchev–Trinajstić information content (AvgIpc) is 3.22. The van der Waals surface area contributed by atoms with Gasteiger partial charge in [-0.2, -0.15) is 42.4 Å². The molecule has 6 aromatic carbocycles. The van der Waals surface area contributed by atoms with Gasteiger partial charge < -0.3 is 20.4 Å². The van der Waals surface area contributed by atoms with Gasteiger partial charge in [0.25, 0.3) is 37.3 Å². The first-order chi connectivity index (χ1) is 29.6. The van der Waals surface area contributed by atoms with E-state index >= 15 is 0 Å². The third-order valence-corrected chi connectivity index (χ3v) is 9.90. The van der Waals surface area contributed by atoms with Gasteiger partial charge >= 0.3 is 59.1 Å². The van der Waals surface area contributed by atoms with Crippen LogP contribution in [0.4, 0.5) is 62.6 Å². The van der Waals surface area contributed by atoms with E-state index in [4.69, 9.17) is 0 Å². The molecule has 0 bridgehead atoms. The van der Waals surface area contributed by atoms with Crippen LogP contribution < -0.4 is 69.3 Å². The van der Waals surface area contributed by atoms with Crippen LogP contribution in [0.25, 0.3) is 10.8 Å². The zero-order valence-corrected chi connectivity index (χ0v) is 38.2. The van der Waals surface area contributed by atoms with Crippen LogP contribution in [-0.4, -0.2) is 50.9 Å². The van der Waals surface area contributed by atoms with Gasteiger partial charge in [-0.1, -0.05) is 11.5 Å². The molecule has 65 heavy (non-hydrogen) atoms. The molecule has 0 aliphatic rings. The minimum atomic E-state index is -5.33. The van der Waals surface area contributed by atoms with E-state index in [1.807, 2.05) is 0 Å². The summed E-state index contributed by atoms with van der Waals surface area (Å²) >= 11 is 0. The van der Waals surface area contributed by atoms with Crippen molar-refractivity contribution in [2.24, 2.45) is 40.9 Å². The van der Waals surface area contributed by atoms with Gasteiger partial charge in [0, 0.05) is 36.4 Å². The summed E-state index contributed by atoms with van der Waals surface area (Å²) in [6.07, 6.45) is 0. The first-order valence-electron chi connectivity index (χ1n) is 16.6. The molecule has 27 nitrogen and oxygen atoms in total. The standard InChI is InChI=1S/C34H21N11O16S2.2Na/c46-27-10-9-21(45(54)55)13-23(27)37-42-31-32(47)25(39-35-17-1-5-19(6-2-17)43(50)51)15-26(33(31)48)40-38-24-14-22(62(56,57)58)11-16-12-28(63(59,60)61)30(34(49)29(16)24)41-36-18-3-7-20(8-4-18)44(52)53;;/h1-15,46-49H,(H,56,57,58)(H,59,60,61);;/q;2*+1/p-2. The van der Waals surface area contributed by atoms with Gasteiger partial charge in [-0.05, 0) is 60.0 Å². The molecule has 0 aliphatic carbocycles. The van der Waals surface area contributed by atoms with Crippen LogP contribution >= 0.6 is 0 Å². The molecule has 0 fully saturated rings. The minimum absolute atomic E-state index is 0. The molecule has 0 aliphatic heterocycles. The van der Waals surface area contributed by atoms with Crippen molar-refractivity contribution in [2.75, 3.05) is 0 Å². The molecule has 0 saturated heterocycles. The summed E-state index contributed by atoms with van der Waals surface area (Å²) in [6, 6.07) is 13.7. The van der Waals surface area contributed by atoms with Crippen LogP contribution in [0.15, 0.2) is 142 Å². The third-order valence-electron chi connectivity index (χ3n) is 8.20. The van der Waals surface area contributed by atoms with E-state index in [1.165, 1.54) is 0 Å². The van der Waals surface area contributed by atoms with Crippen molar-refractivity contribution in [3.63, 3.8) is 0 Å². The number of hydrogen-bond acceptors (Lipinski definition) is 22. The normalized spacial score (nSPS) is 11.9. The molecule has 0 saturated carbocycles. The molecule has 0 amide bonds. The Morgan fingerprint density at radius 3 is 1.42 bits per heavy atom. The summed E-state index contributed by atoms with van der Waals surface area (Å²) in [5, 5.41) is 111. The van der Waals surface area contributed by atoms with E-state index in [0.717, 1.165) is 66.7 Å². The van der Waals surface area contributed by atoms with Gasteiger partial charge in [-0.3, -0.25) is 39.4 Å². The minimum Gasteiger partial charge on any atom is -0.869 e. The molecular formula is C34H19N11Na2O16S2. The van der Waals surface area contributed by atoms with Crippen molar-refractivity contribution >= 4 is 93.6 Å². The number of rotatable bonds is 13. The van der Waals surface area contributed by atoms with Crippen LogP contribution in [-0.2, 0) is 20.2 Å². The van der Waals surface area contributed by atoms with Crippen molar-refractivity contribution in [3.8, 4) is 23.0 Å². The molecule has 6 aromatic rings. The number of phenols is 2. The predicted molar refractivity (Wildman–Crippen MR) is 208 cm³/mol. The van der Waals surface area contributed by atoms with Gasteiger partial charge in [0.05, 0.1) is 59.2 Å². The maximum Gasteiger partial charge on any atom is 1.00 e. The van der Waals surface area contributed by atoms with E-state index in [1.54, 1.807) is 0 Å². The molecule has 0 spiro atoms. The Balaban J connectivity index is 0.00000462. The summed E-state index contributed by atoms with van der Waals surface area (Å²) < 4.78 is 69.5. The topological polar surface area (TPSA) is 424 Å². The number of benzene rings is 6. The molecule has 320 valence electrons. The van der Waals surface area contributed by atoms with Gasteiger partial charge in [-0.15, -0.1) is 15.3 Å². The van der Waals surface area contributed by atoms with Crippen molar-refractivity contribution < 1.29 is 120 Å². The fourth-order valence-corrected chi connectivity index (χ4v) is 6.42. The third kappa shape index (κ3) is 11.7. The van der Waals surface area contributed by atoms with Crippen molar-refractivity contribution in [3.05, 3.63) is 121 Å². The SMILES string of the molecule is O=[N+]([O-])c1ccc(N=Nc2cc(N=Nc3cc(S(=O)(=O)O)cc4cc(S(=O)(=O)O)c(N=Nc5ccc([N+](=O)[O-])cc5)c(O)c34)c([O-])c(N=Nc3cc([N+](=O)[O-])ccc3O)c2[O-])cc1.[Na+].[Na+]. The van der Waals surface area contributed by atoms with Crippen LogP contribution in [0.1, 0.15) is 0 Å². The number of aromatic hydroxyl groups is 2. The fraction of sp³-hybridized carbons (Fsp3) is 0. The summed E-state index contributed by atoms with van der Waals surface area (Å²) in [7, 11) is -10.5. The summed E-state index contributed by atoms with van der Waals surface area (Å²) in [5.74, 6) is -4.52. The van der Waals surface area contributed by atoms with Crippen LogP contribution in [0.3, 0.4) is 0 Å². The average molecular weight is 948 g/mol. The predicted octanol–water partition coefficient (Wildman–Crippen LogP) is 2.29. The molecule has 0 radical (unpaired) electrons. The fourth-order valence-electron chi connectivity index (χ4n) is 5.22. The van der Waals surface area contributed by atoms with Gasteiger partial charge in [0.2, 0.25) is 0 Å². The van der Waals surface area contributed by atoms with E-state index in [-0.39, 0.29) is 81.9 Å². The molecule has 4 N–H and O–H groups in total. The number of nitrogens with zero attached hydrogens (tertiary/aromatic N) is 11. The monoisotopic (exact) mass is 947 g/mol. The Morgan fingerprint density at radius 1 is 0.477 bits per heavy atom. The summed E-state index contributed by atoms with van der Waals surface area (Å²) in [4.78, 5) is 29.0. The molecule has 31 heteroatoms. The molecule has 6 rings (SSSR count). The zero-order valence-electron chi connectivity index (χ0n) is 32.6. The number of nitro groups is 3. The Bertz CT molecular complexity index is 3270. The van der Waals surface area contributed by atoms with Gasteiger partial charge in [0.1, 0.15) is 22.0 Å². The summed E-state index contributed by atoms with van der Waals surface area (Å²) in [5.41, 5.74) is -6.45. The molecule has 0 aromatic heterocycles. The number of hydrogen-bond donors (Lipinski definition) is 4. The second-order valence-electron chi connectivity index (χ2n) is 12.3. The number of nitro benzene ring substituents is 3. The molecule has 0 unspecified atom stereocenters. The Kier molecular flexibility index (Phi) is 15.9. The first kappa shape index (κ1) is 50.8. The molecular weight excluding hydrogens is 929 g/mol. The quantitative estimate of drug-likeness (QED) is 0.0424. The zero-order chi connectivity index (χ0) is 46.0. The maximum absolute atomic E-state index is 13.7. The van der Waals surface area contributed by atoms with Gasteiger partial charge in [-0.25, -0.2) is 0 Å². The maximum atomic E-state index is 13.7. The molecule has 0 heterocycles. The molecule has 0 atom stereocenters. The van der Waals surface area contributed by atoms with E-state index in [9.17, 15) is 76.7 Å².